The summed E-state index contributed by atoms with van der Waals surface area (Å²) >= 11 is 6.18. The van der Waals surface area contributed by atoms with Gasteiger partial charge in [-0.05, 0) is 18.2 Å². The highest BCUT2D eigenvalue weighted by atomic mass is 35.5. The molecule has 0 saturated heterocycles. The Kier molecular flexibility index (Phi) is 4.64. The van der Waals surface area contributed by atoms with Gasteiger partial charge in [0.05, 0.1) is 29.7 Å². The third-order valence-corrected chi connectivity index (χ3v) is 4.27. The summed E-state index contributed by atoms with van der Waals surface area (Å²) in [6.07, 6.45) is 1.91. The SMILES string of the molecule is FC(F)c1cnc(-c2ccc(Cn3cc(-c4ccccc4Cl)nn3)nc2)[nH]1. The van der Waals surface area contributed by atoms with E-state index in [1.54, 1.807) is 35.3 Å². The van der Waals surface area contributed by atoms with Crippen molar-refractivity contribution >= 4 is 11.6 Å². The molecule has 0 aliphatic heterocycles. The van der Waals surface area contributed by atoms with Crippen molar-refractivity contribution in [3.05, 3.63) is 71.4 Å². The molecule has 3 aromatic heterocycles. The lowest BCUT2D eigenvalue weighted by Gasteiger charge is -2.02. The second kappa shape index (κ2) is 7.24. The molecule has 0 radical (unpaired) electrons. The third kappa shape index (κ3) is 3.70. The lowest BCUT2D eigenvalue weighted by atomic mass is 10.2. The number of H-pyrrole nitrogens is 1. The van der Waals surface area contributed by atoms with Crippen LogP contribution in [-0.4, -0.2) is 29.9 Å². The minimum absolute atomic E-state index is 0.219. The molecule has 0 spiro atoms. The number of imidazole rings is 1. The lowest BCUT2D eigenvalue weighted by Crippen LogP contribution is -2.02. The summed E-state index contributed by atoms with van der Waals surface area (Å²) < 4.78 is 26.9. The van der Waals surface area contributed by atoms with Crippen LogP contribution in [0.3, 0.4) is 0 Å². The standard InChI is InChI=1S/C18H13ClF2N6/c19-14-4-2-1-3-13(14)16-10-27(26-25-16)9-12-6-5-11(7-22-12)18-23-8-15(24-18)17(20)21/h1-8,10,17H,9H2,(H,23,24). The van der Waals surface area contributed by atoms with Gasteiger partial charge in [0.2, 0.25) is 0 Å². The molecule has 4 rings (SSSR count). The molecule has 0 aliphatic carbocycles. The Morgan fingerprint density at radius 3 is 2.63 bits per heavy atom. The van der Waals surface area contributed by atoms with Crippen molar-refractivity contribution in [1.82, 2.24) is 29.9 Å². The molecule has 0 aliphatic rings. The normalized spacial score (nSPS) is 11.3. The number of aromatic nitrogens is 6. The van der Waals surface area contributed by atoms with Gasteiger partial charge in [0.25, 0.3) is 6.43 Å². The molecule has 3 heterocycles. The van der Waals surface area contributed by atoms with E-state index in [0.717, 1.165) is 17.5 Å². The van der Waals surface area contributed by atoms with E-state index < -0.39 is 6.43 Å². The van der Waals surface area contributed by atoms with Crippen LogP contribution >= 0.6 is 11.6 Å². The quantitative estimate of drug-likeness (QED) is 0.552. The number of nitrogens with zero attached hydrogens (tertiary/aromatic N) is 5. The second-order valence-corrected chi connectivity index (χ2v) is 6.21. The van der Waals surface area contributed by atoms with E-state index in [4.69, 9.17) is 11.6 Å². The molecule has 0 bridgehead atoms. The van der Waals surface area contributed by atoms with Gasteiger partial charge < -0.3 is 4.98 Å². The van der Waals surface area contributed by atoms with Gasteiger partial charge >= 0.3 is 0 Å². The molecule has 6 nitrogen and oxygen atoms in total. The van der Waals surface area contributed by atoms with Gasteiger partial charge in [0, 0.05) is 17.3 Å². The van der Waals surface area contributed by atoms with Crippen molar-refractivity contribution in [2.45, 2.75) is 13.0 Å². The minimum Gasteiger partial charge on any atom is -0.337 e. The minimum atomic E-state index is -2.59. The summed E-state index contributed by atoms with van der Waals surface area (Å²) in [6, 6.07) is 11.0. The molecule has 0 unspecified atom stereocenters. The van der Waals surface area contributed by atoms with Crippen LogP contribution in [0, 0.1) is 0 Å². The summed E-state index contributed by atoms with van der Waals surface area (Å²) in [5.74, 6) is 0.353. The Morgan fingerprint density at radius 1 is 1.07 bits per heavy atom. The zero-order chi connectivity index (χ0) is 18.8. The highest BCUT2D eigenvalue weighted by Crippen LogP contribution is 2.25. The van der Waals surface area contributed by atoms with Gasteiger partial charge in [-0.25, -0.2) is 18.4 Å². The molecule has 1 aromatic carbocycles. The number of halogens is 3. The summed E-state index contributed by atoms with van der Waals surface area (Å²) in [7, 11) is 0. The molecule has 136 valence electrons. The number of hydrogen-bond donors (Lipinski definition) is 1. The molecular weight excluding hydrogens is 374 g/mol. The maximum Gasteiger partial charge on any atom is 0.279 e. The van der Waals surface area contributed by atoms with Crippen molar-refractivity contribution in [2.24, 2.45) is 0 Å². The van der Waals surface area contributed by atoms with E-state index in [1.165, 1.54) is 0 Å². The van der Waals surface area contributed by atoms with Crippen LogP contribution in [0.2, 0.25) is 5.02 Å². The first kappa shape index (κ1) is 17.3. The maximum atomic E-state index is 12.6. The fourth-order valence-corrected chi connectivity index (χ4v) is 2.82. The second-order valence-electron chi connectivity index (χ2n) is 5.81. The van der Waals surface area contributed by atoms with Crippen LogP contribution in [0.5, 0.6) is 0 Å². The summed E-state index contributed by atoms with van der Waals surface area (Å²) in [5.41, 5.74) is 2.63. The van der Waals surface area contributed by atoms with Crippen LogP contribution in [0.1, 0.15) is 17.8 Å². The van der Waals surface area contributed by atoms with Crippen molar-refractivity contribution in [3.8, 4) is 22.6 Å². The zero-order valence-electron chi connectivity index (χ0n) is 13.9. The predicted molar refractivity (Wildman–Crippen MR) is 96.3 cm³/mol. The monoisotopic (exact) mass is 386 g/mol. The molecule has 1 N–H and O–H groups in total. The van der Waals surface area contributed by atoms with Gasteiger partial charge in [-0.15, -0.1) is 5.10 Å². The van der Waals surface area contributed by atoms with E-state index in [0.29, 0.717) is 28.6 Å². The molecule has 27 heavy (non-hydrogen) atoms. The van der Waals surface area contributed by atoms with E-state index in [2.05, 4.69) is 25.3 Å². The van der Waals surface area contributed by atoms with Crippen LogP contribution in [0.25, 0.3) is 22.6 Å². The van der Waals surface area contributed by atoms with E-state index in [1.807, 2.05) is 18.2 Å². The van der Waals surface area contributed by atoms with Crippen LogP contribution in [-0.2, 0) is 6.54 Å². The van der Waals surface area contributed by atoms with E-state index in [9.17, 15) is 8.78 Å². The number of rotatable bonds is 5. The van der Waals surface area contributed by atoms with Crippen LogP contribution < -0.4 is 0 Å². The Hall–Kier alpha value is -3.13. The molecule has 0 fully saturated rings. The molecule has 0 amide bonds. The first-order valence-corrected chi connectivity index (χ1v) is 8.41. The van der Waals surface area contributed by atoms with Crippen molar-refractivity contribution in [3.63, 3.8) is 0 Å². The molecular formula is C18H13ClF2N6. The van der Waals surface area contributed by atoms with Gasteiger partial charge in [-0.2, -0.15) is 0 Å². The number of hydrogen-bond acceptors (Lipinski definition) is 4. The largest absolute Gasteiger partial charge is 0.337 e. The Bertz CT molecular complexity index is 1060. The molecule has 0 atom stereocenters. The number of benzene rings is 1. The smallest absolute Gasteiger partial charge is 0.279 e. The fourth-order valence-electron chi connectivity index (χ4n) is 2.59. The maximum absolute atomic E-state index is 12.6. The first-order valence-electron chi connectivity index (χ1n) is 8.03. The zero-order valence-corrected chi connectivity index (χ0v) is 14.6. The van der Waals surface area contributed by atoms with Crippen LogP contribution in [0.4, 0.5) is 8.78 Å². The van der Waals surface area contributed by atoms with Crippen molar-refractivity contribution in [2.75, 3.05) is 0 Å². The molecule has 9 heteroatoms. The van der Waals surface area contributed by atoms with Gasteiger partial charge in [-0.3, -0.25) is 4.98 Å². The highest BCUT2D eigenvalue weighted by molar-refractivity contribution is 6.33. The molecule has 0 saturated carbocycles. The number of aromatic amines is 1. The topological polar surface area (TPSA) is 72.3 Å². The number of pyridine rings is 1. The summed E-state index contributed by atoms with van der Waals surface area (Å²) in [6.45, 7) is 0.415. The number of alkyl halides is 2. The average Bonchev–Trinajstić information content (AvgIpc) is 3.33. The Labute approximate surface area is 157 Å². The number of nitrogens with one attached hydrogen (secondary N) is 1. The predicted octanol–water partition coefficient (Wildman–Crippen LogP) is 4.37. The Balaban J connectivity index is 1.50. The van der Waals surface area contributed by atoms with Crippen molar-refractivity contribution < 1.29 is 8.78 Å². The van der Waals surface area contributed by atoms with Crippen molar-refractivity contribution in [1.29, 1.82) is 0 Å². The lowest BCUT2D eigenvalue weighted by molar-refractivity contribution is 0.146. The first-order chi connectivity index (χ1) is 13.1. The third-order valence-electron chi connectivity index (χ3n) is 3.94. The Morgan fingerprint density at radius 2 is 1.93 bits per heavy atom. The molecule has 4 aromatic rings. The van der Waals surface area contributed by atoms with Crippen LogP contribution in [0.15, 0.2) is 55.0 Å². The fraction of sp³-hybridized carbons (Fsp3) is 0.111. The van der Waals surface area contributed by atoms with E-state index in [-0.39, 0.29) is 5.69 Å². The van der Waals surface area contributed by atoms with Gasteiger partial charge in [0.15, 0.2) is 0 Å². The highest BCUT2D eigenvalue weighted by Gasteiger charge is 2.12. The average molecular weight is 387 g/mol. The van der Waals surface area contributed by atoms with E-state index >= 15 is 0 Å². The summed E-state index contributed by atoms with van der Waals surface area (Å²) in [4.78, 5) is 10.9. The van der Waals surface area contributed by atoms with Gasteiger partial charge in [0.1, 0.15) is 17.2 Å². The summed E-state index contributed by atoms with van der Waals surface area (Å²) in [5, 5.41) is 8.85. The van der Waals surface area contributed by atoms with Gasteiger partial charge in [-0.1, -0.05) is 35.0 Å².